The van der Waals surface area contributed by atoms with E-state index in [-0.39, 0.29) is 5.36 Å². The fourth-order valence-electron chi connectivity index (χ4n) is 2.52. The fraction of sp³-hybridized carbons (Fsp3) is 0.105. The summed E-state index contributed by atoms with van der Waals surface area (Å²) in [6.07, 6.45) is -8.25. The minimum Gasteiger partial charge on any atom is -0.456 e. The van der Waals surface area contributed by atoms with Crippen molar-refractivity contribution in [1.82, 2.24) is 9.94 Å². The Labute approximate surface area is 189 Å². The van der Waals surface area contributed by atoms with Gasteiger partial charge in [-0.05, 0) is 30.3 Å². The zero-order valence-corrected chi connectivity index (χ0v) is 16.9. The Bertz CT molecular complexity index is 1290. The van der Waals surface area contributed by atoms with Crippen LogP contribution in [-0.4, -0.2) is 27.4 Å². The number of aromatic nitrogens is 2. The van der Waals surface area contributed by atoms with E-state index >= 15 is 0 Å². The van der Waals surface area contributed by atoms with Crippen molar-refractivity contribution in [3.05, 3.63) is 76.1 Å². The first-order valence-corrected chi connectivity index (χ1v) is 9.08. The van der Waals surface area contributed by atoms with Crippen molar-refractivity contribution in [2.75, 3.05) is 0 Å². The minimum absolute atomic E-state index is 0.172. The summed E-state index contributed by atoms with van der Waals surface area (Å²) in [6.45, 7) is 0. The topological polar surface area (TPSA) is 85.9 Å². The zero-order valence-electron chi connectivity index (χ0n) is 16.2. The van der Waals surface area contributed by atoms with Crippen molar-refractivity contribution in [2.24, 2.45) is 4.99 Å². The van der Waals surface area contributed by atoms with Crippen LogP contribution in [0.25, 0.3) is 0 Å². The molecule has 0 radical (unpaired) electrons. The van der Waals surface area contributed by atoms with Gasteiger partial charge >= 0.3 is 12.5 Å². The molecule has 0 aliphatic carbocycles. The van der Waals surface area contributed by atoms with E-state index in [2.05, 4.69) is 14.8 Å². The quantitative estimate of drug-likeness (QED) is 0.376. The van der Waals surface area contributed by atoms with Gasteiger partial charge in [-0.25, -0.2) is 9.38 Å². The molecule has 0 saturated heterocycles. The molecule has 0 atom stereocenters. The van der Waals surface area contributed by atoms with Crippen LogP contribution in [0.4, 0.5) is 30.7 Å². The van der Waals surface area contributed by atoms with E-state index < -0.39 is 57.7 Å². The maximum absolute atomic E-state index is 14.0. The number of rotatable bonds is 4. The highest BCUT2D eigenvalue weighted by atomic mass is 35.5. The molecule has 0 aliphatic rings. The van der Waals surface area contributed by atoms with Crippen molar-refractivity contribution in [3.8, 4) is 17.2 Å². The Morgan fingerprint density at radius 3 is 2.29 bits per heavy atom. The molecule has 3 rings (SSSR count). The normalized spacial score (nSPS) is 12.5. The van der Waals surface area contributed by atoms with Gasteiger partial charge in [0.2, 0.25) is 0 Å². The molecule has 0 spiro atoms. The number of hydrogen-bond acceptors (Lipinski definition) is 5. The summed E-state index contributed by atoms with van der Waals surface area (Å²) in [7, 11) is 0. The molecule has 0 bridgehead atoms. The lowest BCUT2D eigenvalue weighted by molar-refractivity contribution is -0.275. The largest absolute Gasteiger partial charge is 0.573 e. The van der Waals surface area contributed by atoms with E-state index in [0.717, 1.165) is 24.5 Å². The third kappa shape index (κ3) is 5.95. The molecule has 1 amide bonds. The van der Waals surface area contributed by atoms with Crippen LogP contribution in [-0.2, 0) is 6.18 Å². The van der Waals surface area contributed by atoms with Crippen molar-refractivity contribution in [2.45, 2.75) is 12.5 Å². The highest BCUT2D eigenvalue weighted by molar-refractivity contribution is 6.35. The molecule has 0 saturated carbocycles. The molecule has 34 heavy (non-hydrogen) atoms. The molecule has 0 fully saturated rings. The molecule has 7 nitrogen and oxygen atoms in total. The van der Waals surface area contributed by atoms with Gasteiger partial charge in [-0.15, -0.1) is 23.1 Å². The van der Waals surface area contributed by atoms with Crippen LogP contribution in [0.3, 0.4) is 0 Å². The minimum atomic E-state index is -5.17. The zero-order chi connectivity index (χ0) is 25.3. The maximum Gasteiger partial charge on any atom is 0.573 e. The lowest BCUT2D eigenvalue weighted by atomic mass is 10.1. The van der Waals surface area contributed by atoms with Crippen LogP contribution in [0.1, 0.15) is 15.9 Å². The van der Waals surface area contributed by atoms with E-state index in [1.807, 2.05) is 0 Å². The monoisotopic (exact) mass is 511 g/mol. The molecule has 3 aromatic rings. The molecule has 0 aliphatic heterocycles. The summed E-state index contributed by atoms with van der Waals surface area (Å²) in [4.78, 5) is 16.6. The first-order valence-electron chi connectivity index (χ1n) is 8.71. The first kappa shape index (κ1) is 24.8. The van der Waals surface area contributed by atoms with Gasteiger partial charge in [0.25, 0.3) is 5.91 Å². The third-order valence-corrected chi connectivity index (χ3v) is 4.29. The van der Waals surface area contributed by atoms with Gasteiger partial charge in [-0.3, -0.25) is 4.79 Å². The summed E-state index contributed by atoms with van der Waals surface area (Å²) in [5, 5.41) is 11.2. The Kier molecular flexibility index (Phi) is 6.72. The number of hydrogen-bond donors (Lipinski definition) is 1. The number of alkyl halides is 6. The van der Waals surface area contributed by atoms with Crippen LogP contribution >= 0.6 is 11.6 Å². The Morgan fingerprint density at radius 2 is 1.74 bits per heavy atom. The highest BCUT2D eigenvalue weighted by Crippen LogP contribution is 2.41. The summed E-state index contributed by atoms with van der Waals surface area (Å²) in [5.74, 6) is -5.09. The van der Waals surface area contributed by atoms with Crippen molar-refractivity contribution >= 4 is 17.5 Å². The summed E-state index contributed by atoms with van der Waals surface area (Å²) in [6, 6.07) is 4.14. The molecular weight excluding hydrogens is 503 g/mol. The SMILES string of the molecule is O=C(N=c1ccn(O)nc1)c1c(Oc2ccc(OC(F)(F)F)c(F)c2)ccc(C(F)(F)F)c1Cl. The molecule has 1 heterocycles. The fourth-order valence-corrected chi connectivity index (χ4v) is 2.87. The van der Waals surface area contributed by atoms with Crippen molar-refractivity contribution in [1.29, 1.82) is 0 Å². The van der Waals surface area contributed by atoms with Gasteiger partial charge in [-0.1, -0.05) is 11.6 Å². The van der Waals surface area contributed by atoms with Crippen molar-refractivity contribution < 1.29 is 50.2 Å². The van der Waals surface area contributed by atoms with Crippen LogP contribution < -0.4 is 14.8 Å². The maximum atomic E-state index is 14.0. The van der Waals surface area contributed by atoms with E-state index in [0.29, 0.717) is 29.1 Å². The van der Waals surface area contributed by atoms with Gasteiger partial charge in [0.1, 0.15) is 17.1 Å². The molecule has 2 aromatic carbocycles. The van der Waals surface area contributed by atoms with E-state index in [9.17, 15) is 35.5 Å². The highest BCUT2D eigenvalue weighted by Gasteiger charge is 2.36. The first-order chi connectivity index (χ1) is 15.7. The van der Waals surface area contributed by atoms with Gasteiger partial charge in [0, 0.05) is 6.07 Å². The van der Waals surface area contributed by atoms with Crippen LogP contribution in [0, 0.1) is 5.82 Å². The molecule has 180 valence electrons. The van der Waals surface area contributed by atoms with E-state index in [4.69, 9.17) is 21.5 Å². The van der Waals surface area contributed by atoms with Gasteiger partial charge < -0.3 is 14.7 Å². The van der Waals surface area contributed by atoms with Gasteiger partial charge in [0.15, 0.2) is 11.6 Å². The Hall–Kier alpha value is -3.81. The van der Waals surface area contributed by atoms with Crippen molar-refractivity contribution in [3.63, 3.8) is 0 Å². The number of carbonyl (C=O) groups excluding carboxylic acids is 1. The smallest absolute Gasteiger partial charge is 0.456 e. The second-order valence-corrected chi connectivity index (χ2v) is 6.64. The molecule has 1 N–H and O–H groups in total. The standard InChI is InChI=1S/C19H9ClF7N3O4/c20-16-11(18(22,23)24)2-4-14(15(16)17(31)29-9-5-6-30(32)28-8-9)33-10-1-3-13(12(21)7-10)34-19(25,26)27/h1-8,32H. The second-order valence-electron chi connectivity index (χ2n) is 6.26. The second kappa shape index (κ2) is 9.21. The molecule has 15 heteroatoms. The summed E-state index contributed by atoms with van der Waals surface area (Å²) in [5.41, 5.74) is -2.27. The van der Waals surface area contributed by atoms with E-state index in [1.54, 1.807) is 0 Å². The third-order valence-electron chi connectivity index (χ3n) is 3.90. The predicted molar refractivity (Wildman–Crippen MR) is 98.9 cm³/mol. The number of amides is 1. The lowest BCUT2D eigenvalue weighted by Crippen LogP contribution is -2.17. The lowest BCUT2D eigenvalue weighted by Gasteiger charge is -2.16. The number of benzene rings is 2. The molecular formula is C19H9ClF7N3O4. The average Bonchev–Trinajstić information content (AvgIpc) is 2.70. The Balaban J connectivity index is 2.06. The Morgan fingerprint density at radius 1 is 1.06 bits per heavy atom. The summed E-state index contributed by atoms with van der Waals surface area (Å²) < 4.78 is 99.4. The number of halogens is 8. The van der Waals surface area contributed by atoms with Crippen LogP contribution in [0.5, 0.6) is 17.2 Å². The average molecular weight is 512 g/mol. The van der Waals surface area contributed by atoms with Gasteiger partial charge in [0.05, 0.1) is 28.3 Å². The van der Waals surface area contributed by atoms with Gasteiger partial charge in [-0.2, -0.15) is 13.2 Å². The number of ether oxygens (including phenoxy) is 2. The van der Waals surface area contributed by atoms with Crippen LogP contribution in [0.2, 0.25) is 5.02 Å². The molecule has 0 unspecified atom stereocenters. The van der Waals surface area contributed by atoms with Crippen LogP contribution in [0.15, 0.2) is 53.8 Å². The van der Waals surface area contributed by atoms with E-state index in [1.165, 1.54) is 0 Å². The predicted octanol–water partition coefficient (Wildman–Crippen LogP) is 5.36. The summed E-state index contributed by atoms with van der Waals surface area (Å²) >= 11 is 5.82. The molecule has 1 aromatic heterocycles. The number of nitrogens with zero attached hydrogens (tertiary/aromatic N) is 3. The number of carbonyl (C=O) groups is 1.